The summed E-state index contributed by atoms with van der Waals surface area (Å²) in [5, 5.41) is 9.34. The summed E-state index contributed by atoms with van der Waals surface area (Å²) in [5.41, 5.74) is -0.621. The molecular weight excluding hydrogens is 362 g/mol. The predicted molar refractivity (Wildman–Crippen MR) is 82.2 cm³/mol. The highest BCUT2D eigenvalue weighted by Crippen LogP contribution is 2.16. The summed E-state index contributed by atoms with van der Waals surface area (Å²) in [6.07, 6.45) is 1.71. The van der Waals surface area contributed by atoms with Gasteiger partial charge in [0.05, 0.1) is 6.07 Å². The van der Waals surface area contributed by atoms with Crippen molar-refractivity contribution in [2.45, 2.75) is 20.0 Å². The van der Waals surface area contributed by atoms with E-state index in [2.05, 4.69) is 20.9 Å². The van der Waals surface area contributed by atoms with Gasteiger partial charge in [0.15, 0.2) is 15.9 Å². The van der Waals surface area contributed by atoms with Crippen LogP contribution in [-0.2, 0) is 20.1 Å². The van der Waals surface area contributed by atoms with Crippen molar-refractivity contribution in [2.75, 3.05) is 0 Å². The molecule has 110 valence electrons. The topological polar surface area (TPSA) is 85.6 Å². The minimum absolute atomic E-state index is 0.244. The third kappa shape index (κ3) is 2.66. The van der Waals surface area contributed by atoms with E-state index in [0.29, 0.717) is 16.3 Å². The highest BCUT2D eigenvalue weighted by molar-refractivity contribution is 9.10. The van der Waals surface area contributed by atoms with Crippen LogP contribution in [0.25, 0.3) is 11.2 Å². The molecule has 0 saturated heterocycles. The molecule has 0 spiro atoms. The average Bonchev–Trinajstić information content (AvgIpc) is 2.76. The van der Waals surface area contributed by atoms with Crippen molar-refractivity contribution in [3.8, 4) is 6.07 Å². The number of hydrogen-bond acceptors (Lipinski definition) is 4. The second-order valence-corrected chi connectivity index (χ2v) is 5.65. The van der Waals surface area contributed by atoms with Gasteiger partial charge >= 0.3 is 5.69 Å². The number of aryl methyl sites for hydroxylation is 1. The summed E-state index contributed by atoms with van der Waals surface area (Å²) in [4.78, 5) is 28.7. The van der Waals surface area contributed by atoms with Gasteiger partial charge in [-0.25, -0.2) is 14.3 Å². The third-order valence-electron chi connectivity index (χ3n) is 2.97. The van der Waals surface area contributed by atoms with E-state index >= 15 is 0 Å². The van der Waals surface area contributed by atoms with Gasteiger partial charge in [-0.2, -0.15) is 5.26 Å². The first kappa shape index (κ1) is 15.5. The molecule has 0 aliphatic rings. The molecule has 0 bridgehead atoms. The van der Waals surface area contributed by atoms with Gasteiger partial charge in [-0.1, -0.05) is 17.7 Å². The molecule has 0 atom stereocenters. The Kier molecular flexibility index (Phi) is 4.34. The second kappa shape index (κ2) is 5.87. The van der Waals surface area contributed by atoms with Crippen LogP contribution in [0, 0.1) is 11.3 Å². The Hall–Kier alpha value is -1.85. The molecule has 0 aliphatic carbocycles. The van der Waals surface area contributed by atoms with Crippen LogP contribution in [0.3, 0.4) is 0 Å². The second-order valence-electron chi connectivity index (χ2n) is 4.35. The van der Waals surface area contributed by atoms with Crippen LogP contribution in [0.4, 0.5) is 0 Å². The maximum absolute atomic E-state index is 12.4. The number of allylic oxidation sites excluding steroid dienone is 2. The Morgan fingerprint density at radius 1 is 1.48 bits per heavy atom. The first-order chi connectivity index (χ1) is 9.88. The van der Waals surface area contributed by atoms with Crippen LogP contribution in [-0.4, -0.2) is 18.7 Å². The molecule has 2 aromatic rings. The Labute approximate surface area is 132 Å². The lowest BCUT2D eigenvalue weighted by Gasteiger charge is -2.06. The van der Waals surface area contributed by atoms with Gasteiger partial charge in [0.2, 0.25) is 0 Å². The normalized spacial score (nSPS) is 11.9. The number of imidazole rings is 1. The first-order valence-electron chi connectivity index (χ1n) is 5.93. The van der Waals surface area contributed by atoms with Gasteiger partial charge in [-0.3, -0.25) is 9.36 Å². The van der Waals surface area contributed by atoms with Crippen molar-refractivity contribution >= 4 is 38.7 Å². The Morgan fingerprint density at radius 3 is 2.71 bits per heavy atom. The van der Waals surface area contributed by atoms with Crippen LogP contribution in [0.5, 0.6) is 0 Å². The molecule has 0 aromatic carbocycles. The molecule has 2 heterocycles. The quantitative estimate of drug-likeness (QED) is 0.761. The molecule has 0 saturated carbocycles. The van der Waals surface area contributed by atoms with E-state index in [9.17, 15) is 9.59 Å². The number of fused-ring (bicyclic) bond motifs is 1. The van der Waals surface area contributed by atoms with Crippen molar-refractivity contribution in [1.82, 2.24) is 18.7 Å². The SMILES string of the molecule is C/C(Cl)=C/Cn1c(Br)nc2c1c(=O)n(CC#N)c(=O)n2C. The van der Waals surface area contributed by atoms with E-state index in [0.717, 1.165) is 4.57 Å². The lowest BCUT2D eigenvalue weighted by molar-refractivity contribution is 0.668. The molecule has 7 nitrogen and oxygen atoms in total. The molecule has 9 heteroatoms. The molecule has 0 radical (unpaired) electrons. The van der Waals surface area contributed by atoms with Crippen LogP contribution in [0.1, 0.15) is 6.92 Å². The number of aromatic nitrogens is 4. The summed E-state index contributed by atoms with van der Waals surface area (Å²) in [6.45, 7) is 1.74. The maximum atomic E-state index is 12.4. The summed E-state index contributed by atoms with van der Waals surface area (Å²) in [5.74, 6) is 0. The van der Waals surface area contributed by atoms with Gasteiger partial charge in [0, 0.05) is 18.6 Å². The monoisotopic (exact) mass is 371 g/mol. The molecule has 0 amide bonds. The van der Waals surface area contributed by atoms with E-state index in [4.69, 9.17) is 16.9 Å². The standard InChI is InChI=1S/C12H11BrClN5O2/c1-7(14)3-5-18-8-9(16-11(18)13)17(2)12(21)19(6-4-15)10(8)20/h3H,5-6H2,1-2H3/b7-3-. The largest absolute Gasteiger partial charge is 0.333 e. The fourth-order valence-corrected chi connectivity index (χ4v) is 2.50. The first-order valence-corrected chi connectivity index (χ1v) is 7.10. The van der Waals surface area contributed by atoms with Crippen LogP contribution >= 0.6 is 27.5 Å². The molecule has 0 aliphatic heterocycles. The van der Waals surface area contributed by atoms with Gasteiger partial charge in [-0.15, -0.1) is 0 Å². The van der Waals surface area contributed by atoms with E-state index in [-0.39, 0.29) is 17.7 Å². The number of halogens is 2. The summed E-state index contributed by atoms with van der Waals surface area (Å²) in [6, 6.07) is 1.81. The van der Waals surface area contributed by atoms with Crippen LogP contribution in [0.2, 0.25) is 0 Å². The van der Waals surface area contributed by atoms with Crippen molar-refractivity contribution < 1.29 is 0 Å². The minimum Gasteiger partial charge on any atom is -0.309 e. The molecule has 0 unspecified atom stereocenters. The molecule has 2 aromatic heterocycles. The smallest absolute Gasteiger partial charge is 0.309 e. The third-order valence-corrected chi connectivity index (χ3v) is 3.73. The van der Waals surface area contributed by atoms with E-state index in [1.165, 1.54) is 11.6 Å². The summed E-state index contributed by atoms with van der Waals surface area (Å²) in [7, 11) is 1.50. The molecule has 0 N–H and O–H groups in total. The van der Waals surface area contributed by atoms with Gasteiger partial charge in [0.1, 0.15) is 6.54 Å². The Balaban J connectivity index is 2.88. The van der Waals surface area contributed by atoms with Gasteiger partial charge < -0.3 is 4.57 Å². The van der Waals surface area contributed by atoms with E-state index < -0.39 is 11.2 Å². The lowest BCUT2D eigenvalue weighted by Crippen LogP contribution is -2.39. The number of rotatable bonds is 3. The van der Waals surface area contributed by atoms with E-state index in [1.807, 2.05) is 6.07 Å². The zero-order chi connectivity index (χ0) is 15.7. The number of hydrogen-bond donors (Lipinski definition) is 0. The summed E-state index contributed by atoms with van der Waals surface area (Å²) >= 11 is 9.07. The maximum Gasteiger partial charge on any atom is 0.333 e. The van der Waals surface area contributed by atoms with Crippen molar-refractivity contribution in [1.29, 1.82) is 5.26 Å². The van der Waals surface area contributed by atoms with Crippen LogP contribution < -0.4 is 11.2 Å². The highest BCUT2D eigenvalue weighted by atomic mass is 79.9. The van der Waals surface area contributed by atoms with Gasteiger partial charge in [0.25, 0.3) is 5.56 Å². The zero-order valence-electron chi connectivity index (χ0n) is 11.3. The fraction of sp³-hybridized carbons (Fsp3) is 0.333. The minimum atomic E-state index is -0.574. The van der Waals surface area contributed by atoms with E-state index in [1.54, 1.807) is 17.6 Å². The van der Waals surface area contributed by atoms with Crippen molar-refractivity contribution in [3.05, 3.63) is 36.7 Å². The van der Waals surface area contributed by atoms with Crippen molar-refractivity contribution in [3.63, 3.8) is 0 Å². The van der Waals surface area contributed by atoms with Crippen LogP contribution in [0.15, 0.2) is 25.4 Å². The number of nitrogens with zero attached hydrogens (tertiary/aromatic N) is 5. The fourth-order valence-electron chi connectivity index (χ4n) is 1.94. The molecule has 21 heavy (non-hydrogen) atoms. The van der Waals surface area contributed by atoms with Gasteiger partial charge in [-0.05, 0) is 22.9 Å². The van der Waals surface area contributed by atoms with Crippen molar-refractivity contribution in [2.24, 2.45) is 7.05 Å². The molecule has 0 fully saturated rings. The predicted octanol–water partition coefficient (Wildman–Crippen LogP) is 1.33. The Morgan fingerprint density at radius 2 is 2.14 bits per heavy atom. The highest BCUT2D eigenvalue weighted by Gasteiger charge is 2.18. The Bertz CT molecular complexity index is 895. The average molecular weight is 373 g/mol. The lowest BCUT2D eigenvalue weighted by atomic mass is 10.4. The zero-order valence-corrected chi connectivity index (χ0v) is 13.6. The molecular formula is C12H11BrClN5O2. The number of nitriles is 1. The molecule has 2 rings (SSSR count). The summed E-state index contributed by atoms with van der Waals surface area (Å²) < 4.78 is 4.13.